The summed E-state index contributed by atoms with van der Waals surface area (Å²) in [7, 11) is 8.18. The van der Waals surface area contributed by atoms with E-state index in [4.69, 9.17) is 28.4 Å². The first-order valence-electron chi connectivity index (χ1n) is 19.0. The Morgan fingerprint density at radius 2 is 0.898 bits per heavy atom. The molecule has 59 heavy (non-hydrogen) atoms. The van der Waals surface area contributed by atoms with Crippen LogP contribution in [-0.4, -0.2) is 65.3 Å². The van der Waals surface area contributed by atoms with Crippen molar-refractivity contribution in [1.29, 1.82) is 0 Å². The van der Waals surface area contributed by atoms with Crippen molar-refractivity contribution >= 4 is 23.1 Å². The second kappa shape index (κ2) is 28.1. The van der Waals surface area contributed by atoms with Crippen molar-refractivity contribution in [3.63, 3.8) is 0 Å². The fraction of sp³-hybridized carbons (Fsp3) is 0.306. The third-order valence-electron chi connectivity index (χ3n) is 8.34. The number of methoxy groups -OCH3 is 5. The van der Waals surface area contributed by atoms with Gasteiger partial charge in [-0.1, -0.05) is 55.8 Å². The average Bonchev–Trinajstić information content (AvgIpc) is 3.24. The van der Waals surface area contributed by atoms with Crippen LogP contribution in [0.5, 0.6) is 34.5 Å². The summed E-state index contributed by atoms with van der Waals surface area (Å²) in [6.07, 6.45) is 2.16. The fourth-order valence-corrected chi connectivity index (χ4v) is 4.83. The standard InChI is InChI=1S/C12H16O2.C10H10O2.2C9H12O2.C9H10O2/c1-3-4-8-14-12-7-5-6-11(9-12)10(2)13;1-7(11)9-3-5-10(6-4-9)8(2)12;1-7-6-8(10-2)4-5-9(7)11-3;1-7-4-5-8(10-2)9(6-7)11-3;1-7(10)8-3-5-9(11-2)6-4-8/h5-7,9H,3-4,8H2,1-2H3;3-6H,1-2H3;2*4-6H,1-3H3;3-6H,1-2H3. The van der Waals surface area contributed by atoms with Crippen LogP contribution < -0.4 is 28.4 Å². The van der Waals surface area contributed by atoms with Gasteiger partial charge in [0.15, 0.2) is 34.6 Å². The van der Waals surface area contributed by atoms with E-state index in [2.05, 4.69) is 6.92 Å². The maximum absolute atomic E-state index is 11.1. The van der Waals surface area contributed by atoms with Crippen LogP contribution in [0, 0.1) is 13.8 Å². The minimum atomic E-state index is 0.0186. The lowest BCUT2D eigenvalue weighted by atomic mass is 10.1. The largest absolute Gasteiger partial charge is 0.497 e. The minimum Gasteiger partial charge on any atom is -0.497 e. The molecule has 5 rings (SSSR count). The van der Waals surface area contributed by atoms with Crippen LogP contribution in [0.1, 0.15) is 100 Å². The summed E-state index contributed by atoms with van der Waals surface area (Å²) in [5.74, 6) is 5.06. The molecule has 0 fully saturated rings. The van der Waals surface area contributed by atoms with E-state index in [1.54, 1.807) is 110 Å². The third-order valence-corrected chi connectivity index (χ3v) is 8.34. The van der Waals surface area contributed by atoms with Crippen molar-refractivity contribution in [2.24, 2.45) is 0 Å². The maximum atomic E-state index is 11.1. The van der Waals surface area contributed by atoms with Gasteiger partial charge in [-0.05, 0) is 126 Å². The molecule has 5 aromatic carbocycles. The van der Waals surface area contributed by atoms with Crippen molar-refractivity contribution in [2.45, 2.75) is 61.3 Å². The molecule has 0 aliphatic carbocycles. The molecule has 0 heterocycles. The lowest BCUT2D eigenvalue weighted by Gasteiger charge is -2.06. The summed E-state index contributed by atoms with van der Waals surface area (Å²) in [5, 5.41) is 0. The fourth-order valence-electron chi connectivity index (χ4n) is 4.83. The molecular weight excluding hydrogens is 749 g/mol. The zero-order chi connectivity index (χ0) is 44.3. The zero-order valence-electron chi connectivity index (χ0n) is 36.6. The summed E-state index contributed by atoms with van der Waals surface area (Å²) in [5.41, 5.74) is 4.96. The van der Waals surface area contributed by atoms with Gasteiger partial charge in [0.05, 0.1) is 42.2 Å². The van der Waals surface area contributed by atoms with Gasteiger partial charge in [0.2, 0.25) is 0 Å². The molecule has 316 valence electrons. The maximum Gasteiger partial charge on any atom is 0.160 e. The van der Waals surface area contributed by atoms with Crippen LogP contribution in [0.2, 0.25) is 0 Å². The van der Waals surface area contributed by atoms with E-state index in [0.717, 1.165) is 59.5 Å². The summed E-state index contributed by atoms with van der Waals surface area (Å²) < 4.78 is 30.7. The number of hydrogen-bond acceptors (Lipinski definition) is 10. The van der Waals surface area contributed by atoms with Crippen LogP contribution in [0.25, 0.3) is 0 Å². The quantitative estimate of drug-likeness (QED) is 0.0838. The first kappa shape index (κ1) is 50.6. The molecule has 0 N–H and O–H groups in total. The molecule has 10 heteroatoms. The van der Waals surface area contributed by atoms with Crippen LogP contribution in [0.15, 0.2) is 109 Å². The second-order valence-electron chi connectivity index (χ2n) is 13.0. The van der Waals surface area contributed by atoms with E-state index in [9.17, 15) is 19.2 Å². The number of Topliss-reactive ketones (excluding diaryl/α,β-unsaturated/α-hetero) is 4. The van der Waals surface area contributed by atoms with Crippen molar-refractivity contribution < 1.29 is 47.6 Å². The summed E-state index contributed by atoms with van der Waals surface area (Å²) >= 11 is 0. The average molecular weight is 809 g/mol. The molecule has 0 aromatic heterocycles. The molecule has 0 bridgehead atoms. The van der Waals surface area contributed by atoms with Crippen LogP contribution in [0.3, 0.4) is 0 Å². The van der Waals surface area contributed by atoms with E-state index in [1.165, 1.54) is 19.4 Å². The number of carbonyl (C=O) groups excluding carboxylic acids is 4. The van der Waals surface area contributed by atoms with E-state index in [1.807, 2.05) is 62.4 Å². The number of ether oxygens (including phenoxy) is 6. The summed E-state index contributed by atoms with van der Waals surface area (Å²) in [6, 6.07) is 32.6. The highest BCUT2D eigenvalue weighted by Crippen LogP contribution is 2.27. The topological polar surface area (TPSA) is 124 Å². The lowest BCUT2D eigenvalue weighted by Crippen LogP contribution is -1.98. The molecule has 0 saturated heterocycles. The SMILES string of the molecule is CC(=O)c1ccc(C(C)=O)cc1.CCCCOc1cccc(C(C)=O)c1.COc1ccc(C(C)=O)cc1.COc1ccc(C)cc1OC.COc1ccc(OC)c(C)c1. The van der Waals surface area contributed by atoms with Gasteiger partial charge < -0.3 is 28.4 Å². The molecule has 0 spiro atoms. The highest BCUT2D eigenvalue weighted by Gasteiger charge is 2.03. The number of ketones is 4. The Balaban J connectivity index is 0.000000370. The minimum absolute atomic E-state index is 0.0186. The molecule has 0 atom stereocenters. The van der Waals surface area contributed by atoms with Crippen molar-refractivity contribution in [3.05, 3.63) is 143 Å². The Morgan fingerprint density at radius 1 is 0.441 bits per heavy atom. The van der Waals surface area contributed by atoms with Gasteiger partial charge in [0, 0.05) is 22.3 Å². The Kier molecular flexibility index (Phi) is 24.1. The second-order valence-corrected chi connectivity index (χ2v) is 13.0. The van der Waals surface area contributed by atoms with Gasteiger partial charge in [-0.2, -0.15) is 0 Å². The molecular formula is C49H60O10. The first-order valence-corrected chi connectivity index (χ1v) is 19.0. The number of hydrogen-bond donors (Lipinski definition) is 0. The number of benzene rings is 5. The number of rotatable bonds is 13. The van der Waals surface area contributed by atoms with Gasteiger partial charge in [-0.3, -0.25) is 19.2 Å². The normalized spacial score (nSPS) is 9.49. The summed E-state index contributed by atoms with van der Waals surface area (Å²) in [4.78, 5) is 43.6. The van der Waals surface area contributed by atoms with Gasteiger partial charge in [-0.15, -0.1) is 0 Å². The van der Waals surface area contributed by atoms with Crippen LogP contribution in [0.4, 0.5) is 0 Å². The smallest absolute Gasteiger partial charge is 0.160 e. The molecule has 0 radical (unpaired) electrons. The van der Waals surface area contributed by atoms with Gasteiger partial charge >= 0.3 is 0 Å². The van der Waals surface area contributed by atoms with Gasteiger partial charge in [0.1, 0.15) is 23.0 Å². The van der Waals surface area contributed by atoms with E-state index < -0.39 is 0 Å². The van der Waals surface area contributed by atoms with Crippen LogP contribution >= 0.6 is 0 Å². The van der Waals surface area contributed by atoms with E-state index in [-0.39, 0.29) is 23.1 Å². The van der Waals surface area contributed by atoms with E-state index >= 15 is 0 Å². The molecule has 0 saturated carbocycles. The highest BCUT2D eigenvalue weighted by molar-refractivity contribution is 5.97. The molecule has 0 aliphatic rings. The summed E-state index contributed by atoms with van der Waals surface area (Å²) in [6.45, 7) is 13.0. The predicted molar refractivity (Wildman–Crippen MR) is 235 cm³/mol. The molecule has 0 unspecified atom stereocenters. The predicted octanol–water partition coefficient (Wildman–Crippen LogP) is 11.1. The first-order chi connectivity index (χ1) is 28.1. The molecule has 10 nitrogen and oxygen atoms in total. The Hall–Kier alpha value is -6.42. The number of unbranched alkanes of at least 4 members (excludes halogenated alkanes) is 1. The molecule has 5 aromatic rings. The van der Waals surface area contributed by atoms with Crippen molar-refractivity contribution in [2.75, 3.05) is 42.2 Å². The Labute approximate surface area is 350 Å². The highest BCUT2D eigenvalue weighted by atomic mass is 16.5. The monoisotopic (exact) mass is 808 g/mol. The number of carbonyl (C=O) groups is 4. The van der Waals surface area contributed by atoms with E-state index in [0.29, 0.717) is 22.3 Å². The van der Waals surface area contributed by atoms with Crippen LogP contribution in [-0.2, 0) is 0 Å². The van der Waals surface area contributed by atoms with Crippen molar-refractivity contribution in [3.8, 4) is 34.5 Å². The molecule has 0 aliphatic heterocycles. The third kappa shape index (κ3) is 19.5. The van der Waals surface area contributed by atoms with Crippen molar-refractivity contribution in [1.82, 2.24) is 0 Å². The molecule has 0 amide bonds. The lowest BCUT2D eigenvalue weighted by molar-refractivity contribution is 0.100. The Bertz CT molecular complexity index is 2000. The number of aryl methyl sites for hydroxylation is 2. The van der Waals surface area contributed by atoms with Gasteiger partial charge in [0.25, 0.3) is 0 Å². The Morgan fingerprint density at radius 3 is 1.32 bits per heavy atom. The van der Waals surface area contributed by atoms with Gasteiger partial charge in [-0.25, -0.2) is 0 Å². The zero-order valence-corrected chi connectivity index (χ0v) is 36.6.